The van der Waals surface area contributed by atoms with Crippen molar-refractivity contribution in [1.82, 2.24) is 5.32 Å². The molecule has 5 heteroatoms. The van der Waals surface area contributed by atoms with Gasteiger partial charge in [-0.1, -0.05) is 6.07 Å². The van der Waals surface area contributed by atoms with Gasteiger partial charge in [-0.15, -0.1) is 0 Å². The lowest BCUT2D eigenvalue weighted by Crippen LogP contribution is -2.40. The number of carbonyl (C=O) groups excluding carboxylic acids is 1. The Hall–Kier alpha value is -1.62. The molecule has 0 aliphatic heterocycles. The first kappa shape index (κ1) is 11.9. The first-order valence-electron chi connectivity index (χ1n) is 5.62. The summed E-state index contributed by atoms with van der Waals surface area (Å²) in [4.78, 5) is 11.4. The van der Waals surface area contributed by atoms with Gasteiger partial charge in [0.2, 0.25) is 0 Å². The number of carbonyl (C=O) groups is 1. The summed E-state index contributed by atoms with van der Waals surface area (Å²) in [5.41, 5.74) is 0.427. The average molecular weight is 238 g/mol. The lowest BCUT2D eigenvalue weighted by molar-refractivity contribution is 0.0443. The zero-order chi connectivity index (χ0) is 12.3. The molecule has 2 amide bonds. The highest BCUT2D eigenvalue weighted by atomic mass is 19.1. The summed E-state index contributed by atoms with van der Waals surface area (Å²) in [7, 11) is 0. The van der Waals surface area contributed by atoms with Crippen molar-refractivity contribution in [2.75, 3.05) is 11.9 Å². The Morgan fingerprint density at radius 1 is 1.47 bits per heavy atom. The van der Waals surface area contributed by atoms with Gasteiger partial charge in [0, 0.05) is 12.2 Å². The van der Waals surface area contributed by atoms with Crippen LogP contribution in [0.25, 0.3) is 0 Å². The van der Waals surface area contributed by atoms with E-state index in [1.165, 1.54) is 18.2 Å². The van der Waals surface area contributed by atoms with Crippen molar-refractivity contribution in [3.8, 4) is 0 Å². The van der Waals surface area contributed by atoms with Crippen LogP contribution in [0.1, 0.15) is 12.8 Å². The quantitative estimate of drug-likeness (QED) is 0.750. The monoisotopic (exact) mass is 238 g/mol. The molecule has 0 saturated heterocycles. The maximum atomic E-state index is 12.8. The van der Waals surface area contributed by atoms with E-state index in [9.17, 15) is 9.18 Å². The van der Waals surface area contributed by atoms with Crippen molar-refractivity contribution >= 4 is 11.7 Å². The minimum atomic E-state index is -0.384. The smallest absolute Gasteiger partial charge is 0.319 e. The number of nitrogens with one attached hydrogen (secondary N) is 2. The number of hydrogen-bond acceptors (Lipinski definition) is 2. The standard InChI is InChI=1S/C12H15FN2O2/c13-9-2-1-3-10(6-9)15-12(17)14-7-8-4-11(16)5-8/h1-3,6,8,11,16H,4-5,7H2,(H2,14,15,17). The molecule has 17 heavy (non-hydrogen) atoms. The van der Waals surface area contributed by atoms with Crippen LogP contribution < -0.4 is 10.6 Å². The molecule has 1 aromatic rings. The molecule has 1 aromatic carbocycles. The Balaban J connectivity index is 1.73. The molecule has 0 aromatic heterocycles. The Morgan fingerprint density at radius 3 is 2.88 bits per heavy atom. The third kappa shape index (κ3) is 3.42. The number of anilines is 1. The SMILES string of the molecule is O=C(NCC1CC(O)C1)Nc1cccc(F)c1. The molecule has 1 aliphatic carbocycles. The van der Waals surface area contributed by atoms with Gasteiger partial charge >= 0.3 is 6.03 Å². The second-order valence-electron chi connectivity index (χ2n) is 4.34. The van der Waals surface area contributed by atoms with Crippen LogP contribution in [0.4, 0.5) is 14.9 Å². The molecule has 92 valence electrons. The van der Waals surface area contributed by atoms with Crippen molar-refractivity contribution in [3.05, 3.63) is 30.1 Å². The molecule has 1 fully saturated rings. The summed E-state index contributed by atoms with van der Waals surface area (Å²) in [6.45, 7) is 0.540. The first-order chi connectivity index (χ1) is 8.13. The maximum Gasteiger partial charge on any atom is 0.319 e. The summed E-state index contributed by atoms with van der Waals surface area (Å²) < 4.78 is 12.8. The number of urea groups is 1. The van der Waals surface area contributed by atoms with Crippen LogP contribution in [0.2, 0.25) is 0 Å². The van der Waals surface area contributed by atoms with Gasteiger partial charge in [0.25, 0.3) is 0 Å². The van der Waals surface area contributed by atoms with Gasteiger partial charge in [0.15, 0.2) is 0 Å². The van der Waals surface area contributed by atoms with Crippen LogP contribution >= 0.6 is 0 Å². The molecule has 0 atom stereocenters. The van der Waals surface area contributed by atoms with E-state index >= 15 is 0 Å². The molecular formula is C12H15FN2O2. The van der Waals surface area contributed by atoms with Gasteiger partial charge in [-0.05, 0) is 37.0 Å². The maximum absolute atomic E-state index is 12.8. The number of halogens is 1. The third-order valence-electron chi connectivity index (χ3n) is 2.84. The number of rotatable bonds is 3. The number of aliphatic hydroxyl groups excluding tert-OH is 1. The molecule has 0 heterocycles. The van der Waals surface area contributed by atoms with Crippen molar-refractivity contribution in [2.24, 2.45) is 5.92 Å². The zero-order valence-electron chi connectivity index (χ0n) is 9.32. The van der Waals surface area contributed by atoms with E-state index in [2.05, 4.69) is 10.6 Å². The molecule has 1 aliphatic rings. The summed E-state index contributed by atoms with van der Waals surface area (Å²) in [6.07, 6.45) is 1.26. The van der Waals surface area contributed by atoms with Crippen molar-refractivity contribution < 1.29 is 14.3 Å². The van der Waals surface area contributed by atoms with Crippen molar-refractivity contribution in [2.45, 2.75) is 18.9 Å². The van der Waals surface area contributed by atoms with Crippen molar-refractivity contribution in [1.29, 1.82) is 0 Å². The number of amides is 2. The molecule has 3 N–H and O–H groups in total. The number of hydrogen-bond donors (Lipinski definition) is 3. The van der Waals surface area contributed by atoms with E-state index in [0.717, 1.165) is 12.8 Å². The fraction of sp³-hybridized carbons (Fsp3) is 0.417. The van der Waals surface area contributed by atoms with Crippen LogP contribution in [-0.4, -0.2) is 23.8 Å². The van der Waals surface area contributed by atoms with E-state index in [-0.39, 0.29) is 18.0 Å². The predicted octanol–water partition coefficient (Wildman–Crippen LogP) is 1.72. The Kier molecular flexibility index (Phi) is 3.58. The van der Waals surface area contributed by atoms with Crippen LogP contribution in [-0.2, 0) is 0 Å². The van der Waals surface area contributed by atoms with Gasteiger partial charge in [0.05, 0.1) is 6.10 Å². The Morgan fingerprint density at radius 2 is 2.24 bits per heavy atom. The minimum Gasteiger partial charge on any atom is -0.393 e. The van der Waals surface area contributed by atoms with Gasteiger partial charge < -0.3 is 15.7 Å². The topological polar surface area (TPSA) is 61.4 Å². The molecule has 0 bridgehead atoms. The molecule has 0 spiro atoms. The molecule has 4 nitrogen and oxygen atoms in total. The van der Waals surface area contributed by atoms with Gasteiger partial charge in [-0.25, -0.2) is 9.18 Å². The summed E-state index contributed by atoms with van der Waals surface area (Å²) in [6, 6.07) is 5.38. The highest BCUT2D eigenvalue weighted by molar-refractivity contribution is 5.89. The minimum absolute atomic E-state index is 0.215. The largest absolute Gasteiger partial charge is 0.393 e. The zero-order valence-corrected chi connectivity index (χ0v) is 9.32. The lowest BCUT2D eigenvalue weighted by atomic mass is 9.82. The Bertz CT molecular complexity index is 405. The third-order valence-corrected chi connectivity index (χ3v) is 2.84. The highest BCUT2D eigenvalue weighted by Gasteiger charge is 2.27. The fourth-order valence-corrected chi connectivity index (χ4v) is 1.85. The Labute approximate surface area is 98.8 Å². The number of benzene rings is 1. The average Bonchev–Trinajstić information content (AvgIpc) is 2.23. The second kappa shape index (κ2) is 5.14. The van der Waals surface area contributed by atoms with E-state index in [4.69, 9.17) is 5.11 Å². The van der Waals surface area contributed by atoms with E-state index < -0.39 is 0 Å². The van der Waals surface area contributed by atoms with Gasteiger partial charge in [-0.3, -0.25) is 0 Å². The number of aliphatic hydroxyl groups is 1. The van der Waals surface area contributed by atoms with Crippen LogP contribution in [0.15, 0.2) is 24.3 Å². The first-order valence-corrected chi connectivity index (χ1v) is 5.62. The fourth-order valence-electron chi connectivity index (χ4n) is 1.85. The van der Waals surface area contributed by atoms with E-state index in [1.54, 1.807) is 6.07 Å². The summed E-state index contributed by atoms with van der Waals surface area (Å²) >= 11 is 0. The van der Waals surface area contributed by atoms with Gasteiger partial charge in [-0.2, -0.15) is 0 Å². The lowest BCUT2D eigenvalue weighted by Gasteiger charge is -2.31. The normalized spacial score (nSPS) is 22.7. The van der Waals surface area contributed by atoms with E-state index in [1.807, 2.05) is 0 Å². The van der Waals surface area contributed by atoms with Crippen LogP contribution in [0, 0.1) is 11.7 Å². The second-order valence-corrected chi connectivity index (χ2v) is 4.34. The molecular weight excluding hydrogens is 223 g/mol. The molecule has 1 saturated carbocycles. The van der Waals surface area contributed by atoms with E-state index in [0.29, 0.717) is 18.2 Å². The summed E-state index contributed by atoms with van der Waals surface area (Å²) in [5.74, 6) is -0.0341. The molecule has 0 radical (unpaired) electrons. The van der Waals surface area contributed by atoms with Crippen molar-refractivity contribution in [3.63, 3.8) is 0 Å². The van der Waals surface area contributed by atoms with Crippen LogP contribution in [0.3, 0.4) is 0 Å². The highest BCUT2D eigenvalue weighted by Crippen LogP contribution is 2.26. The summed E-state index contributed by atoms with van der Waals surface area (Å²) in [5, 5.41) is 14.3. The van der Waals surface area contributed by atoms with Gasteiger partial charge in [0.1, 0.15) is 5.82 Å². The molecule has 2 rings (SSSR count). The predicted molar refractivity (Wildman–Crippen MR) is 62.2 cm³/mol. The van der Waals surface area contributed by atoms with Crippen LogP contribution in [0.5, 0.6) is 0 Å². The molecule has 0 unspecified atom stereocenters.